The van der Waals surface area contributed by atoms with E-state index in [9.17, 15) is 4.79 Å². The fourth-order valence-electron chi connectivity index (χ4n) is 2.50. The third-order valence-corrected chi connectivity index (χ3v) is 4.13. The molecule has 1 aliphatic carbocycles. The second kappa shape index (κ2) is 5.83. The van der Waals surface area contributed by atoms with E-state index < -0.39 is 0 Å². The van der Waals surface area contributed by atoms with E-state index >= 15 is 0 Å². The number of rotatable bonds is 3. The Morgan fingerprint density at radius 1 is 1.39 bits per heavy atom. The Labute approximate surface area is 117 Å². The molecule has 2 rings (SSSR count). The average Bonchev–Trinajstić information content (AvgIpc) is 2.37. The second-order valence-electron chi connectivity index (χ2n) is 5.40. The van der Waals surface area contributed by atoms with Crippen LogP contribution in [0.5, 0.6) is 0 Å². The summed E-state index contributed by atoms with van der Waals surface area (Å²) >= 11 is 3.28. The molecule has 0 aromatic carbocycles. The molecule has 3 nitrogen and oxygen atoms in total. The predicted octanol–water partition coefficient (Wildman–Crippen LogP) is 3.54. The highest BCUT2D eigenvalue weighted by molar-refractivity contribution is 9.10. The Morgan fingerprint density at radius 2 is 2.11 bits per heavy atom. The van der Waals surface area contributed by atoms with Gasteiger partial charge in [0.05, 0.1) is 0 Å². The van der Waals surface area contributed by atoms with Crippen molar-refractivity contribution in [1.82, 2.24) is 10.3 Å². The summed E-state index contributed by atoms with van der Waals surface area (Å²) in [6, 6.07) is 5.39. The van der Waals surface area contributed by atoms with Gasteiger partial charge in [0.25, 0.3) is 5.91 Å². The van der Waals surface area contributed by atoms with Gasteiger partial charge in [-0.05, 0) is 46.3 Å². The molecule has 1 aromatic heterocycles. The summed E-state index contributed by atoms with van der Waals surface area (Å²) in [5, 5.41) is 3.01. The van der Waals surface area contributed by atoms with Crippen molar-refractivity contribution in [2.24, 2.45) is 5.41 Å². The minimum atomic E-state index is -0.0805. The van der Waals surface area contributed by atoms with Gasteiger partial charge in [0.1, 0.15) is 10.3 Å². The lowest BCUT2D eigenvalue weighted by molar-refractivity contribution is 0.0914. The van der Waals surface area contributed by atoms with Crippen molar-refractivity contribution < 1.29 is 4.79 Å². The number of nitrogens with zero attached hydrogens (tertiary/aromatic N) is 1. The molecular weight excluding hydrogens is 292 g/mol. The van der Waals surface area contributed by atoms with Crippen LogP contribution in [0.4, 0.5) is 0 Å². The zero-order valence-corrected chi connectivity index (χ0v) is 12.3. The normalized spacial score (nSPS) is 18.3. The summed E-state index contributed by atoms with van der Waals surface area (Å²) in [6.07, 6.45) is 6.30. The van der Waals surface area contributed by atoms with E-state index in [1.807, 2.05) is 12.1 Å². The maximum Gasteiger partial charge on any atom is 0.269 e. The first kappa shape index (κ1) is 13.5. The minimum absolute atomic E-state index is 0.0805. The van der Waals surface area contributed by atoms with Crippen molar-refractivity contribution in [3.8, 4) is 0 Å². The van der Waals surface area contributed by atoms with Gasteiger partial charge in [0.15, 0.2) is 0 Å². The number of halogens is 1. The van der Waals surface area contributed by atoms with E-state index in [0.29, 0.717) is 10.3 Å². The third kappa shape index (κ3) is 3.55. The first-order valence-electron chi connectivity index (χ1n) is 6.50. The molecule has 1 N–H and O–H groups in total. The van der Waals surface area contributed by atoms with Gasteiger partial charge in [-0.1, -0.05) is 32.3 Å². The lowest BCUT2D eigenvalue weighted by atomic mass is 9.76. The lowest BCUT2D eigenvalue weighted by Crippen LogP contribution is -2.37. The van der Waals surface area contributed by atoms with Gasteiger partial charge in [-0.25, -0.2) is 4.98 Å². The van der Waals surface area contributed by atoms with Crippen LogP contribution in [0.2, 0.25) is 0 Å². The van der Waals surface area contributed by atoms with E-state index in [4.69, 9.17) is 0 Å². The van der Waals surface area contributed by atoms with Gasteiger partial charge < -0.3 is 5.32 Å². The highest BCUT2D eigenvalue weighted by atomic mass is 79.9. The Hall–Kier alpha value is -0.900. The molecule has 98 valence electrons. The monoisotopic (exact) mass is 310 g/mol. The molecule has 18 heavy (non-hydrogen) atoms. The molecule has 1 aromatic rings. The van der Waals surface area contributed by atoms with Crippen LogP contribution in [-0.4, -0.2) is 17.4 Å². The quantitative estimate of drug-likeness (QED) is 0.868. The number of carbonyl (C=O) groups is 1. The minimum Gasteiger partial charge on any atom is -0.350 e. The first-order chi connectivity index (χ1) is 8.59. The standard InChI is InChI=1S/C14H19BrN2O/c1-14(8-3-2-4-9-14)10-16-13(18)11-6-5-7-12(15)17-11/h5-7H,2-4,8-10H2,1H3,(H,16,18). The smallest absolute Gasteiger partial charge is 0.269 e. The van der Waals surface area contributed by atoms with Crippen LogP contribution in [-0.2, 0) is 0 Å². The van der Waals surface area contributed by atoms with Crippen LogP contribution in [0.15, 0.2) is 22.8 Å². The Morgan fingerprint density at radius 3 is 2.78 bits per heavy atom. The number of carbonyl (C=O) groups excluding carboxylic acids is 1. The summed E-state index contributed by atoms with van der Waals surface area (Å²) in [4.78, 5) is 16.2. The Bertz CT molecular complexity index is 428. The van der Waals surface area contributed by atoms with Crippen molar-refractivity contribution in [2.75, 3.05) is 6.54 Å². The number of amides is 1. The van der Waals surface area contributed by atoms with Gasteiger partial charge in [-0.2, -0.15) is 0 Å². The number of nitrogens with one attached hydrogen (secondary N) is 1. The van der Waals surface area contributed by atoms with Crippen LogP contribution in [0.25, 0.3) is 0 Å². The molecule has 0 aliphatic heterocycles. The molecule has 1 fully saturated rings. The molecule has 1 aliphatic rings. The average molecular weight is 311 g/mol. The van der Waals surface area contributed by atoms with Crippen molar-refractivity contribution >= 4 is 21.8 Å². The number of aromatic nitrogens is 1. The van der Waals surface area contributed by atoms with Crippen LogP contribution in [0.1, 0.15) is 49.5 Å². The van der Waals surface area contributed by atoms with Gasteiger partial charge in [-0.15, -0.1) is 0 Å². The van der Waals surface area contributed by atoms with Crippen LogP contribution in [0, 0.1) is 5.41 Å². The molecular formula is C14H19BrN2O. The second-order valence-corrected chi connectivity index (χ2v) is 6.21. The van der Waals surface area contributed by atoms with E-state index in [-0.39, 0.29) is 11.3 Å². The Kier molecular flexibility index (Phi) is 4.38. The number of pyridine rings is 1. The van der Waals surface area contributed by atoms with E-state index in [1.54, 1.807) is 6.07 Å². The summed E-state index contributed by atoms with van der Waals surface area (Å²) < 4.78 is 0.694. The largest absolute Gasteiger partial charge is 0.350 e. The maximum atomic E-state index is 12.0. The van der Waals surface area contributed by atoms with Gasteiger partial charge >= 0.3 is 0 Å². The lowest BCUT2D eigenvalue weighted by Gasteiger charge is -2.33. The summed E-state index contributed by atoms with van der Waals surface area (Å²) in [7, 11) is 0. The number of hydrogen-bond acceptors (Lipinski definition) is 2. The summed E-state index contributed by atoms with van der Waals surface area (Å²) in [5.41, 5.74) is 0.740. The van der Waals surface area contributed by atoms with Gasteiger partial charge in [-0.3, -0.25) is 4.79 Å². The molecule has 4 heteroatoms. The van der Waals surface area contributed by atoms with Gasteiger partial charge in [0.2, 0.25) is 0 Å². The molecule has 0 saturated heterocycles. The Balaban J connectivity index is 1.92. The fraction of sp³-hybridized carbons (Fsp3) is 0.571. The molecule has 1 heterocycles. The van der Waals surface area contributed by atoms with Crippen LogP contribution >= 0.6 is 15.9 Å². The maximum absolute atomic E-state index is 12.0. The topological polar surface area (TPSA) is 42.0 Å². The number of hydrogen-bond donors (Lipinski definition) is 1. The van der Waals surface area contributed by atoms with Gasteiger partial charge in [0, 0.05) is 6.54 Å². The molecule has 1 saturated carbocycles. The van der Waals surface area contributed by atoms with E-state index in [1.165, 1.54) is 32.1 Å². The molecule has 0 bridgehead atoms. The van der Waals surface area contributed by atoms with E-state index in [0.717, 1.165) is 6.54 Å². The summed E-state index contributed by atoms with van der Waals surface area (Å²) in [5.74, 6) is -0.0805. The molecule has 0 atom stereocenters. The third-order valence-electron chi connectivity index (χ3n) is 3.68. The van der Waals surface area contributed by atoms with Crippen molar-refractivity contribution in [3.05, 3.63) is 28.5 Å². The van der Waals surface area contributed by atoms with E-state index in [2.05, 4.69) is 33.2 Å². The fourth-order valence-corrected chi connectivity index (χ4v) is 2.84. The summed E-state index contributed by atoms with van der Waals surface area (Å²) in [6.45, 7) is 3.01. The molecule has 0 unspecified atom stereocenters. The molecule has 0 radical (unpaired) electrons. The van der Waals surface area contributed by atoms with Crippen molar-refractivity contribution in [1.29, 1.82) is 0 Å². The predicted molar refractivity (Wildman–Crippen MR) is 75.5 cm³/mol. The van der Waals surface area contributed by atoms with Crippen LogP contribution < -0.4 is 5.32 Å². The SMILES string of the molecule is CC1(CNC(=O)c2cccc(Br)n2)CCCCC1. The zero-order valence-electron chi connectivity index (χ0n) is 10.7. The molecule has 0 spiro atoms. The highest BCUT2D eigenvalue weighted by Crippen LogP contribution is 2.34. The van der Waals surface area contributed by atoms with Crippen molar-refractivity contribution in [2.45, 2.75) is 39.0 Å². The molecule has 1 amide bonds. The zero-order chi connectivity index (χ0) is 13.0. The van der Waals surface area contributed by atoms with Crippen LogP contribution in [0.3, 0.4) is 0 Å². The van der Waals surface area contributed by atoms with Crippen molar-refractivity contribution in [3.63, 3.8) is 0 Å². The highest BCUT2D eigenvalue weighted by Gasteiger charge is 2.27. The first-order valence-corrected chi connectivity index (χ1v) is 7.29.